The Bertz CT molecular complexity index is 645. The van der Waals surface area contributed by atoms with Gasteiger partial charge in [-0.25, -0.2) is 9.59 Å². The topological polar surface area (TPSA) is 80.6 Å². The monoisotopic (exact) mass is 262 g/mol. The number of fused-ring (bicyclic) bond motifs is 1. The summed E-state index contributed by atoms with van der Waals surface area (Å²) in [5, 5.41) is 11.8. The lowest BCUT2D eigenvalue weighted by Crippen LogP contribution is -2.09. The first kappa shape index (κ1) is 12.9. The van der Waals surface area contributed by atoms with E-state index in [0.717, 1.165) is 5.52 Å². The van der Waals surface area contributed by atoms with Gasteiger partial charge in [0.1, 0.15) is 5.69 Å². The van der Waals surface area contributed by atoms with E-state index < -0.39 is 12.1 Å². The molecule has 100 valence electrons. The molecule has 6 heteroatoms. The number of aryl methyl sites for hydroxylation is 1. The number of nitrogens with zero attached hydrogens (tertiary/aromatic N) is 1. The number of anilines is 1. The Kier molecular flexibility index (Phi) is 3.41. The third kappa shape index (κ3) is 2.37. The van der Waals surface area contributed by atoms with Crippen molar-refractivity contribution in [2.75, 3.05) is 11.9 Å². The third-order valence-corrected chi connectivity index (χ3v) is 2.81. The van der Waals surface area contributed by atoms with Gasteiger partial charge in [-0.1, -0.05) is 6.07 Å². The molecule has 0 bridgehead atoms. The van der Waals surface area contributed by atoms with Crippen molar-refractivity contribution in [3.05, 3.63) is 30.0 Å². The lowest BCUT2D eigenvalue weighted by Gasteiger charge is -2.04. The molecule has 0 aliphatic carbocycles. The minimum atomic E-state index is -1.14. The highest BCUT2D eigenvalue weighted by molar-refractivity contribution is 6.03. The number of hydrogen-bond donors (Lipinski definition) is 2. The molecule has 1 aromatic heterocycles. The molecule has 0 atom stereocenters. The van der Waals surface area contributed by atoms with Gasteiger partial charge in [0, 0.05) is 12.4 Å². The molecule has 1 amide bonds. The molecule has 2 aromatic rings. The number of aromatic nitrogens is 1. The van der Waals surface area contributed by atoms with E-state index in [9.17, 15) is 9.59 Å². The number of esters is 1. The molecule has 2 N–H and O–H groups in total. The summed E-state index contributed by atoms with van der Waals surface area (Å²) >= 11 is 0. The van der Waals surface area contributed by atoms with E-state index in [1.807, 2.05) is 6.07 Å². The lowest BCUT2D eigenvalue weighted by atomic mass is 10.2. The maximum absolute atomic E-state index is 11.8. The minimum Gasteiger partial charge on any atom is -0.465 e. The molecule has 0 saturated carbocycles. The molecule has 6 nitrogen and oxygen atoms in total. The van der Waals surface area contributed by atoms with Crippen LogP contribution in [-0.2, 0) is 11.8 Å². The van der Waals surface area contributed by atoms with Crippen molar-refractivity contribution in [1.82, 2.24) is 4.57 Å². The highest BCUT2D eigenvalue weighted by atomic mass is 16.5. The number of carbonyl (C=O) groups is 2. The lowest BCUT2D eigenvalue weighted by molar-refractivity contribution is 0.0516. The van der Waals surface area contributed by atoms with Crippen LogP contribution in [0, 0.1) is 0 Å². The van der Waals surface area contributed by atoms with Gasteiger partial charge in [-0.2, -0.15) is 0 Å². The second-order valence-corrected chi connectivity index (χ2v) is 3.98. The summed E-state index contributed by atoms with van der Waals surface area (Å²) in [6.07, 6.45) is -1.14. The Balaban J connectivity index is 2.55. The maximum atomic E-state index is 11.8. The van der Waals surface area contributed by atoms with E-state index in [4.69, 9.17) is 9.84 Å². The molecule has 2 rings (SSSR count). The summed E-state index contributed by atoms with van der Waals surface area (Å²) in [4.78, 5) is 22.5. The standard InChI is InChI=1S/C13H14N2O4/c1-3-19-12(16)11-7-8-9(14-13(17)18)5-4-6-10(8)15(11)2/h4-7,14H,3H2,1-2H3,(H,17,18). The van der Waals surface area contributed by atoms with Crippen LogP contribution in [0.4, 0.5) is 10.5 Å². The van der Waals surface area contributed by atoms with Crippen LogP contribution in [0.3, 0.4) is 0 Å². The van der Waals surface area contributed by atoms with Crippen molar-refractivity contribution in [1.29, 1.82) is 0 Å². The Labute approximate surface area is 109 Å². The summed E-state index contributed by atoms with van der Waals surface area (Å²) < 4.78 is 6.64. The van der Waals surface area contributed by atoms with Crippen molar-refractivity contribution in [2.24, 2.45) is 7.05 Å². The maximum Gasteiger partial charge on any atom is 0.409 e. The molecular weight excluding hydrogens is 248 g/mol. The summed E-state index contributed by atoms with van der Waals surface area (Å²) in [5.41, 5.74) is 1.59. The van der Waals surface area contributed by atoms with Crippen LogP contribution in [0.5, 0.6) is 0 Å². The Hall–Kier alpha value is -2.50. The molecule has 19 heavy (non-hydrogen) atoms. The van der Waals surface area contributed by atoms with E-state index in [-0.39, 0.29) is 0 Å². The number of nitrogens with one attached hydrogen (secondary N) is 1. The van der Waals surface area contributed by atoms with E-state index in [2.05, 4.69) is 5.32 Å². The average molecular weight is 262 g/mol. The van der Waals surface area contributed by atoms with Gasteiger partial charge in [-0.15, -0.1) is 0 Å². The SMILES string of the molecule is CCOC(=O)c1cc2c(NC(=O)O)cccc2n1C. The molecule has 0 spiro atoms. The van der Waals surface area contributed by atoms with Gasteiger partial charge < -0.3 is 14.4 Å². The van der Waals surface area contributed by atoms with Crippen molar-refractivity contribution >= 4 is 28.7 Å². The normalized spacial score (nSPS) is 10.4. The summed E-state index contributed by atoms with van der Waals surface area (Å²) in [6, 6.07) is 6.80. The van der Waals surface area contributed by atoms with Crippen LogP contribution in [0.25, 0.3) is 10.9 Å². The van der Waals surface area contributed by atoms with E-state index in [1.165, 1.54) is 0 Å². The zero-order chi connectivity index (χ0) is 14.0. The molecular formula is C13H14N2O4. The fraction of sp³-hybridized carbons (Fsp3) is 0.231. The van der Waals surface area contributed by atoms with E-state index in [0.29, 0.717) is 23.4 Å². The summed E-state index contributed by atoms with van der Waals surface area (Å²) in [7, 11) is 1.74. The van der Waals surface area contributed by atoms with Gasteiger partial charge in [0.05, 0.1) is 17.8 Å². The van der Waals surface area contributed by atoms with Crippen LogP contribution in [0.15, 0.2) is 24.3 Å². The van der Waals surface area contributed by atoms with E-state index in [1.54, 1.807) is 36.7 Å². The molecule has 0 aliphatic heterocycles. The van der Waals surface area contributed by atoms with Crippen LogP contribution in [0.2, 0.25) is 0 Å². The first-order valence-electron chi connectivity index (χ1n) is 5.80. The predicted octanol–water partition coefficient (Wildman–Crippen LogP) is 2.44. The smallest absolute Gasteiger partial charge is 0.409 e. The molecule has 0 aliphatic rings. The van der Waals surface area contributed by atoms with Crippen LogP contribution < -0.4 is 5.32 Å². The molecule has 0 fully saturated rings. The molecule has 1 aromatic carbocycles. The Morgan fingerprint density at radius 1 is 1.42 bits per heavy atom. The zero-order valence-corrected chi connectivity index (χ0v) is 10.6. The van der Waals surface area contributed by atoms with Gasteiger partial charge in [-0.3, -0.25) is 5.32 Å². The largest absolute Gasteiger partial charge is 0.465 e. The first-order valence-corrected chi connectivity index (χ1v) is 5.80. The number of rotatable bonds is 3. The Morgan fingerprint density at radius 2 is 2.16 bits per heavy atom. The second kappa shape index (κ2) is 5.01. The fourth-order valence-electron chi connectivity index (χ4n) is 1.99. The van der Waals surface area contributed by atoms with Gasteiger partial charge in [0.25, 0.3) is 0 Å². The Morgan fingerprint density at radius 3 is 2.79 bits per heavy atom. The van der Waals surface area contributed by atoms with Crippen molar-refractivity contribution < 1.29 is 19.4 Å². The number of amides is 1. The second-order valence-electron chi connectivity index (χ2n) is 3.98. The number of ether oxygens (including phenoxy) is 1. The van der Waals surface area contributed by atoms with Gasteiger partial charge in [0.15, 0.2) is 0 Å². The van der Waals surface area contributed by atoms with Gasteiger partial charge >= 0.3 is 12.1 Å². The highest BCUT2D eigenvalue weighted by Gasteiger charge is 2.16. The number of hydrogen-bond acceptors (Lipinski definition) is 3. The summed E-state index contributed by atoms with van der Waals surface area (Å²) in [6.45, 7) is 2.03. The minimum absolute atomic E-state index is 0.292. The van der Waals surface area contributed by atoms with Crippen LogP contribution in [-0.4, -0.2) is 28.3 Å². The predicted molar refractivity (Wildman–Crippen MR) is 70.5 cm³/mol. The van der Waals surface area contributed by atoms with Crippen molar-refractivity contribution in [3.8, 4) is 0 Å². The summed E-state index contributed by atoms with van der Waals surface area (Å²) in [5.74, 6) is -0.428. The van der Waals surface area contributed by atoms with Gasteiger partial charge in [0.2, 0.25) is 0 Å². The molecule has 0 radical (unpaired) electrons. The van der Waals surface area contributed by atoms with Crippen molar-refractivity contribution in [3.63, 3.8) is 0 Å². The zero-order valence-electron chi connectivity index (χ0n) is 10.6. The first-order chi connectivity index (χ1) is 9.04. The third-order valence-electron chi connectivity index (χ3n) is 2.81. The quantitative estimate of drug-likeness (QED) is 0.832. The molecule has 1 heterocycles. The molecule has 0 saturated heterocycles. The number of benzene rings is 1. The number of carbonyl (C=O) groups excluding carboxylic acids is 1. The fourth-order valence-corrected chi connectivity index (χ4v) is 1.99. The van der Waals surface area contributed by atoms with Crippen LogP contribution in [0.1, 0.15) is 17.4 Å². The van der Waals surface area contributed by atoms with Crippen molar-refractivity contribution in [2.45, 2.75) is 6.92 Å². The molecule has 0 unspecified atom stereocenters. The average Bonchev–Trinajstić information content (AvgIpc) is 2.68. The van der Waals surface area contributed by atoms with Gasteiger partial charge in [-0.05, 0) is 25.1 Å². The number of carboxylic acid groups (broad SMARTS) is 1. The van der Waals surface area contributed by atoms with Crippen LogP contribution >= 0.6 is 0 Å². The highest BCUT2D eigenvalue weighted by Crippen LogP contribution is 2.26. The van der Waals surface area contributed by atoms with E-state index >= 15 is 0 Å².